The van der Waals surface area contributed by atoms with Gasteiger partial charge in [-0.05, 0) is 37.1 Å². The summed E-state index contributed by atoms with van der Waals surface area (Å²) in [5, 5.41) is 0. The SMILES string of the molecule is CCCCS(=O)(=O)N1CCN(C(=O)c2ccc(F)c(C)c2)CC1. The third kappa shape index (κ3) is 4.29. The molecular formula is C16H23FN2O3S. The molecule has 0 bridgehead atoms. The molecule has 0 aromatic heterocycles. The third-order valence-electron chi connectivity index (χ3n) is 4.08. The molecule has 0 radical (unpaired) electrons. The van der Waals surface area contributed by atoms with Crippen molar-refractivity contribution in [3.63, 3.8) is 0 Å². The molecule has 1 heterocycles. The summed E-state index contributed by atoms with van der Waals surface area (Å²) < 4.78 is 39.1. The van der Waals surface area contributed by atoms with E-state index in [0.29, 0.717) is 43.7 Å². The molecule has 1 aromatic carbocycles. The van der Waals surface area contributed by atoms with Gasteiger partial charge in [0.05, 0.1) is 5.75 Å². The summed E-state index contributed by atoms with van der Waals surface area (Å²) in [6.45, 7) is 4.93. The lowest BCUT2D eigenvalue weighted by atomic mass is 10.1. The molecule has 0 aliphatic carbocycles. The summed E-state index contributed by atoms with van der Waals surface area (Å²) in [7, 11) is -3.23. The number of halogens is 1. The van der Waals surface area contributed by atoms with Crippen molar-refractivity contribution in [1.29, 1.82) is 0 Å². The van der Waals surface area contributed by atoms with E-state index >= 15 is 0 Å². The van der Waals surface area contributed by atoms with E-state index < -0.39 is 10.0 Å². The van der Waals surface area contributed by atoms with Crippen LogP contribution in [0.4, 0.5) is 4.39 Å². The fourth-order valence-electron chi connectivity index (χ4n) is 2.59. The molecule has 0 N–H and O–H groups in total. The summed E-state index contributed by atoms with van der Waals surface area (Å²) in [6.07, 6.45) is 1.48. The first-order valence-electron chi connectivity index (χ1n) is 7.88. The quantitative estimate of drug-likeness (QED) is 0.823. The Morgan fingerprint density at radius 1 is 1.22 bits per heavy atom. The number of rotatable bonds is 5. The minimum Gasteiger partial charge on any atom is -0.336 e. The molecule has 1 aromatic rings. The van der Waals surface area contributed by atoms with Crippen molar-refractivity contribution < 1.29 is 17.6 Å². The van der Waals surface area contributed by atoms with Crippen molar-refractivity contribution in [2.75, 3.05) is 31.9 Å². The van der Waals surface area contributed by atoms with Gasteiger partial charge in [-0.3, -0.25) is 4.79 Å². The predicted octanol–water partition coefficient (Wildman–Crippen LogP) is 2.02. The van der Waals surface area contributed by atoms with Gasteiger partial charge in [0.1, 0.15) is 5.82 Å². The highest BCUT2D eigenvalue weighted by Gasteiger charge is 2.28. The molecule has 1 aliphatic rings. The number of sulfonamides is 1. The monoisotopic (exact) mass is 342 g/mol. The van der Waals surface area contributed by atoms with E-state index in [1.165, 1.54) is 22.5 Å². The lowest BCUT2D eigenvalue weighted by molar-refractivity contribution is 0.0697. The van der Waals surface area contributed by atoms with E-state index in [-0.39, 0.29) is 17.5 Å². The lowest BCUT2D eigenvalue weighted by Crippen LogP contribution is -2.51. The molecule has 2 rings (SSSR count). The number of carbonyl (C=O) groups excluding carboxylic acids is 1. The summed E-state index contributed by atoms with van der Waals surface area (Å²) in [4.78, 5) is 14.1. The number of carbonyl (C=O) groups is 1. The topological polar surface area (TPSA) is 57.7 Å². The van der Waals surface area contributed by atoms with E-state index in [0.717, 1.165) is 6.42 Å². The van der Waals surface area contributed by atoms with Crippen LogP contribution in [0.3, 0.4) is 0 Å². The van der Waals surface area contributed by atoms with Crippen LogP contribution in [0.25, 0.3) is 0 Å². The number of unbranched alkanes of at least 4 members (excludes halogenated alkanes) is 1. The standard InChI is InChI=1S/C16H23FN2O3S/c1-3-4-11-23(21,22)19-9-7-18(8-10-19)16(20)14-5-6-15(17)13(2)12-14/h5-6,12H,3-4,7-11H2,1-2H3. The highest BCUT2D eigenvalue weighted by molar-refractivity contribution is 7.89. The molecule has 1 saturated heterocycles. The number of piperazine rings is 1. The Balaban J connectivity index is 1.98. The van der Waals surface area contributed by atoms with Gasteiger partial charge in [0.15, 0.2) is 0 Å². The van der Waals surface area contributed by atoms with Crippen LogP contribution < -0.4 is 0 Å². The smallest absolute Gasteiger partial charge is 0.253 e. The zero-order chi connectivity index (χ0) is 17.0. The number of hydrogen-bond acceptors (Lipinski definition) is 3. The maximum absolute atomic E-state index is 13.3. The molecule has 1 fully saturated rings. The van der Waals surface area contributed by atoms with E-state index in [1.54, 1.807) is 11.8 Å². The van der Waals surface area contributed by atoms with Crippen LogP contribution >= 0.6 is 0 Å². The largest absolute Gasteiger partial charge is 0.336 e. The van der Waals surface area contributed by atoms with Crippen molar-refractivity contribution >= 4 is 15.9 Å². The minimum atomic E-state index is -3.23. The van der Waals surface area contributed by atoms with E-state index in [2.05, 4.69) is 0 Å². The maximum atomic E-state index is 13.3. The molecule has 0 spiro atoms. The lowest BCUT2D eigenvalue weighted by Gasteiger charge is -2.34. The van der Waals surface area contributed by atoms with Gasteiger partial charge in [0, 0.05) is 31.7 Å². The second kappa shape index (κ2) is 7.40. The first-order valence-corrected chi connectivity index (χ1v) is 9.49. The van der Waals surface area contributed by atoms with Gasteiger partial charge in [-0.2, -0.15) is 4.31 Å². The Morgan fingerprint density at radius 3 is 2.43 bits per heavy atom. The summed E-state index contributed by atoms with van der Waals surface area (Å²) in [5.41, 5.74) is 0.864. The molecule has 0 unspecified atom stereocenters. The fraction of sp³-hybridized carbons (Fsp3) is 0.562. The van der Waals surface area contributed by atoms with Crippen LogP contribution in [0.1, 0.15) is 35.7 Å². The molecular weight excluding hydrogens is 319 g/mol. The zero-order valence-corrected chi connectivity index (χ0v) is 14.4. The Hall–Kier alpha value is -1.47. The Labute approximate surface area is 137 Å². The number of aryl methyl sites for hydroxylation is 1. The first-order chi connectivity index (χ1) is 10.8. The van der Waals surface area contributed by atoms with Crippen LogP contribution in [0.2, 0.25) is 0 Å². The summed E-state index contributed by atoms with van der Waals surface area (Å²) in [5.74, 6) is -0.360. The maximum Gasteiger partial charge on any atom is 0.253 e. The number of nitrogens with zero attached hydrogens (tertiary/aromatic N) is 2. The second-order valence-electron chi connectivity index (χ2n) is 5.82. The average molecular weight is 342 g/mol. The van der Waals surface area contributed by atoms with Crippen molar-refractivity contribution in [3.05, 3.63) is 35.1 Å². The molecule has 7 heteroatoms. The highest BCUT2D eigenvalue weighted by atomic mass is 32.2. The van der Waals surface area contributed by atoms with Crippen LogP contribution in [0.15, 0.2) is 18.2 Å². The van der Waals surface area contributed by atoms with Gasteiger partial charge in [-0.15, -0.1) is 0 Å². The van der Waals surface area contributed by atoms with Crippen LogP contribution in [0, 0.1) is 12.7 Å². The van der Waals surface area contributed by atoms with Crippen molar-refractivity contribution in [1.82, 2.24) is 9.21 Å². The average Bonchev–Trinajstić information content (AvgIpc) is 2.55. The van der Waals surface area contributed by atoms with Gasteiger partial charge in [0.2, 0.25) is 10.0 Å². The van der Waals surface area contributed by atoms with Gasteiger partial charge in [0.25, 0.3) is 5.91 Å². The molecule has 1 amide bonds. The van der Waals surface area contributed by atoms with Gasteiger partial charge in [-0.1, -0.05) is 13.3 Å². The number of benzene rings is 1. The zero-order valence-electron chi connectivity index (χ0n) is 13.6. The van der Waals surface area contributed by atoms with Gasteiger partial charge >= 0.3 is 0 Å². The predicted molar refractivity (Wildman–Crippen MR) is 87.3 cm³/mol. The number of hydrogen-bond donors (Lipinski definition) is 0. The highest BCUT2D eigenvalue weighted by Crippen LogP contribution is 2.15. The fourth-order valence-corrected chi connectivity index (χ4v) is 4.22. The second-order valence-corrected chi connectivity index (χ2v) is 7.91. The van der Waals surface area contributed by atoms with Crippen LogP contribution in [0.5, 0.6) is 0 Å². The minimum absolute atomic E-state index is 0.161. The van der Waals surface area contributed by atoms with Gasteiger partial charge in [-0.25, -0.2) is 12.8 Å². The first kappa shape index (κ1) is 17.9. The molecule has 1 aliphatic heterocycles. The van der Waals surface area contributed by atoms with Crippen LogP contribution in [-0.4, -0.2) is 55.5 Å². The molecule has 23 heavy (non-hydrogen) atoms. The molecule has 0 atom stereocenters. The molecule has 0 saturated carbocycles. The summed E-state index contributed by atoms with van der Waals surface area (Å²) in [6, 6.07) is 4.28. The van der Waals surface area contributed by atoms with Gasteiger partial charge < -0.3 is 4.90 Å². The van der Waals surface area contributed by atoms with E-state index in [1.807, 2.05) is 6.92 Å². The van der Waals surface area contributed by atoms with Crippen molar-refractivity contribution in [3.8, 4) is 0 Å². The van der Waals surface area contributed by atoms with E-state index in [9.17, 15) is 17.6 Å². The van der Waals surface area contributed by atoms with E-state index in [4.69, 9.17) is 0 Å². The van der Waals surface area contributed by atoms with Crippen molar-refractivity contribution in [2.24, 2.45) is 0 Å². The Morgan fingerprint density at radius 2 is 1.87 bits per heavy atom. The number of amides is 1. The Kier molecular flexibility index (Phi) is 5.75. The molecule has 5 nitrogen and oxygen atoms in total. The normalized spacial score (nSPS) is 16.6. The van der Waals surface area contributed by atoms with Crippen LogP contribution in [-0.2, 0) is 10.0 Å². The summed E-state index contributed by atoms with van der Waals surface area (Å²) >= 11 is 0. The Bertz CT molecular complexity index is 668. The van der Waals surface area contributed by atoms with Crippen molar-refractivity contribution in [2.45, 2.75) is 26.7 Å². The molecule has 128 valence electrons. The third-order valence-corrected chi connectivity index (χ3v) is 6.04.